The Hall–Kier alpha value is -2.05. The molecule has 0 aliphatic rings. The Balaban J connectivity index is 1.74. The average molecular weight is 427 g/mol. The van der Waals surface area contributed by atoms with Gasteiger partial charge in [-0.2, -0.15) is 0 Å². The minimum Gasteiger partial charge on any atom is -0.490 e. The Morgan fingerprint density at radius 1 is 1.12 bits per heavy atom. The Morgan fingerprint density at radius 3 is 2.48 bits per heavy atom. The zero-order valence-electron chi connectivity index (χ0n) is 13.5. The van der Waals surface area contributed by atoms with Crippen LogP contribution in [0.2, 0.25) is 5.02 Å². The van der Waals surface area contributed by atoms with Gasteiger partial charge in [-0.05, 0) is 43.3 Å². The Kier molecular flexibility index (Phi) is 7.28. The molecule has 0 bridgehead atoms. The molecule has 2 rings (SSSR count). The van der Waals surface area contributed by atoms with Crippen molar-refractivity contribution in [3.63, 3.8) is 0 Å². The van der Waals surface area contributed by atoms with Crippen LogP contribution in [-0.4, -0.2) is 31.1 Å². The summed E-state index contributed by atoms with van der Waals surface area (Å²) in [5.41, 5.74) is 0.308. The topological polar surface area (TPSA) is 64.6 Å². The molecule has 0 spiro atoms. The maximum absolute atomic E-state index is 12.1. The molecule has 7 heteroatoms. The fourth-order valence-corrected chi connectivity index (χ4v) is 2.42. The second-order valence-corrected chi connectivity index (χ2v) is 6.47. The van der Waals surface area contributed by atoms with Crippen molar-refractivity contribution in [1.82, 2.24) is 5.32 Å². The molecule has 1 amide bonds. The van der Waals surface area contributed by atoms with Gasteiger partial charge in [-0.3, -0.25) is 4.79 Å². The molecule has 5 nitrogen and oxygen atoms in total. The predicted molar refractivity (Wildman–Crippen MR) is 99.0 cm³/mol. The number of rotatable bonds is 7. The molecule has 2 aromatic carbocycles. The summed E-state index contributed by atoms with van der Waals surface area (Å²) in [7, 11) is 0. The average Bonchev–Trinajstić information content (AvgIpc) is 2.60. The van der Waals surface area contributed by atoms with Gasteiger partial charge in [0, 0.05) is 4.47 Å². The quantitative estimate of drug-likeness (QED) is 0.540. The van der Waals surface area contributed by atoms with Crippen LogP contribution in [0.4, 0.5) is 0 Å². The highest BCUT2D eigenvalue weighted by Gasteiger charge is 2.19. The molecule has 0 unspecified atom stereocenters. The van der Waals surface area contributed by atoms with Gasteiger partial charge < -0.3 is 14.8 Å². The first-order valence-corrected chi connectivity index (χ1v) is 8.75. The number of benzene rings is 2. The van der Waals surface area contributed by atoms with Gasteiger partial charge in [0.05, 0.1) is 10.6 Å². The summed E-state index contributed by atoms with van der Waals surface area (Å²) >= 11 is 9.29. The van der Waals surface area contributed by atoms with Crippen LogP contribution >= 0.6 is 27.5 Å². The number of hydrogen-bond donors (Lipinski definition) is 1. The number of carbonyl (C=O) groups is 2. The van der Waals surface area contributed by atoms with Crippen LogP contribution < -0.4 is 10.1 Å². The van der Waals surface area contributed by atoms with Crippen molar-refractivity contribution < 1.29 is 19.1 Å². The number of hydrogen-bond acceptors (Lipinski definition) is 4. The third kappa shape index (κ3) is 6.07. The van der Waals surface area contributed by atoms with Crippen molar-refractivity contribution in [2.24, 2.45) is 0 Å². The molecule has 25 heavy (non-hydrogen) atoms. The molecule has 0 saturated heterocycles. The van der Waals surface area contributed by atoms with Crippen LogP contribution in [0.15, 0.2) is 53.0 Å². The van der Waals surface area contributed by atoms with Crippen molar-refractivity contribution >= 4 is 39.4 Å². The standard InChI is InChI=1S/C18H17BrClNO4/c1-12(21-17(22)15-4-2-3-5-16(15)20)18(23)25-11-10-24-14-8-6-13(19)7-9-14/h2-9,12H,10-11H2,1H3,(H,21,22)/t12-/m0/s1. The third-order valence-electron chi connectivity index (χ3n) is 3.23. The van der Waals surface area contributed by atoms with Crippen LogP contribution in [-0.2, 0) is 9.53 Å². The van der Waals surface area contributed by atoms with E-state index in [1.165, 1.54) is 0 Å². The first-order chi connectivity index (χ1) is 12.0. The largest absolute Gasteiger partial charge is 0.490 e. The Morgan fingerprint density at radius 2 is 1.80 bits per heavy atom. The first-order valence-electron chi connectivity index (χ1n) is 7.58. The second-order valence-electron chi connectivity index (χ2n) is 5.14. The van der Waals surface area contributed by atoms with Gasteiger partial charge in [-0.25, -0.2) is 4.79 Å². The maximum atomic E-state index is 12.1. The fraction of sp³-hybridized carbons (Fsp3) is 0.222. The van der Waals surface area contributed by atoms with E-state index in [0.29, 0.717) is 16.3 Å². The molecule has 0 radical (unpaired) electrons. The normalized spacial score (nSPS) is 11.5. The van der Waals surface area contributed by atoms with E-state index in [9.17, 15) is 9.59 Å². The first kappa shape index (κ1) is 19.3. The summed E-state index contributed by atoms with van der Waals surface area (Å²) in [6.45, 7) is 1.85. The lowest BCUT2D eigenvalue weighted by Gasteiger charge is -2.14. The summed E-state index contributed by atoms with van der Waals surface area (Å²) < 4.78 is 11.5. The molecule has 0 saturated carbocycles. The van der Waals surface area contributed by atoms with E-state index in [1.54, 1.807) is 43.3 Å². The molecule has 1 N–H and O–H groups in total. The summed E-state index contributed by atoms with van der Waals surface area (Å²) in [6, 6.07) is 13.1. The maximum Gasteiger partial charge on any atom is 0.328 e. The van der Waals surface area contributed by atoms with E-state index in [2.05, 4.69) is 21.2 Å². The van der Waals surface area contributed by atoms with E-state index in [1.807, 2.05) is 12.1 Å². The monoisotopic (exact) mass is 425 g/mol. The van der Waals surface area contributed by atoms with Crippen LogP contribution in [0.3, 0.4) is 0 Å². The molecular formula is C18H17BrClNO4. The predicted octanol–water partition coefficient (Wildman–Crippen LogP) is 3.84. The molecule has 0 aromatic heterocycles. The van der Waals surface area contributed by atoms with Gasteiger partial charge >= 0.3 is 5.97 Å². The van der Waals surface area contributed by atoms with E-state index in [-0.39, 0.29) is 13.2 Å². The third-order valence-corrected chi connectivity index (χ3v) is 4.09. The van der Waals surface area contributed by atoms with Gasteiger partial charge in [0.15, 0.2) is 0 Å². The van der Waals surface area contributed by atoms with Crippen LogP contribution in [0.5, 0.6) is 5.75 Å². The molecule has 0 aliphatic carbocycles. The van der Waals surface area contributed by atoms with Gasteiger partial charge in [0.25, 0.3) is 5.91 Å². The van der Waals surface area contributed by atoms with E-state index in [4.69, 9.17) is 21.1 Å². The van der Waals surface area contributed by atoms with Crippen molar-refractivity contribution in [3.8, 4) is 5.75 Å². The van der Waals surface area contributed by atoms with E-state index >= 15 is 0 Å². The number of carbonyl (C=O) groups excluding carboxylic acids is 2. The Bertz CT molecular complexity index is 736. The summed E-state index contributed by atoms with van der Waals surface area (Å²) in [4.78, 5) is 24.0. The van der Waals surface area contributed by atoms with Crippen molar-refractivity contribution in [3.05, 3.63) is 63.6 Å². The molecule has 0 fully saturated rings. The lowest BCUT2D eigenvalue weighted by molar-refractivity contribution is -0.146. The summed E-state index contributed by atoms with van der Waals surface area (Å²) in [6.07, 6.45) is 0. The van der Waals surface area contributed by atoms with E-state index in [0.717, 1.165) is 4.47 Å². The zero-order chi connectivity index (χ0) is 18.2. The van der Waals surface area contributed by atoms with Crippen molar-refractivity contribution in [1.29, 1.82) is 0 Å². The molecule has 1 atom stereocenters. The highest BCUT2D eigenvalue weighted by molar-refractivity contribution is 9.10. The second kappa shape index (κ2) is 9.44. The minimum absolute atomic E-state index is 0.0845. The molecular weight excluding hydrogens is 410 g/mol. The molecule has 0 aliphatic heterocycles. The highest BCUT2D eigenvalue weighted by Crippen LogP contribution is 2.16. The van der Waals surface area contributed by atoms with Gasteiger partial charge in [0.2, 0.25) is 0 Å². The fourth-order valence-electron chi connectivity index (χ4n) is 1.94. The number of halogens is 2. The Labute approximate surface area is 159 Å². The van der Waals surface area contributed by atoms with Crippen LogP contribution in [0.1, 0.15) is 17.3 Å². The van der Waals surface area contributed by atoms with Crippen molar-refractivity contribution in [2.45, 2.75) is 13.0 Å². The summed E-state index contributed by atoms with van der Waals surface area (Å²) in [5, 5.41) is 2.88. The lowest BCUT2D eigenvalue weighted by Crippen LogP contribution is -2.40. The van der Waals surface area contributed by atoms with Crippen LogP contribution in [0, 0.1) is 0 Å². The number of esters is 1. The van der Waals surface area contributed by atoms with Gasteiger partial charge in [-0.15, -0.1) is 0 Å². The zero-order valence-corrected chi connectivity index (χ0v) is 15.8. The van der Waals surface area contributed by atoms with Crippen molar-refractivity contribution in [2.75, 3.05) is 13.2 Å². The molecule has 2 aromatic rings. The SMILES string of the molecule is C[C@H](NC(=O)c1ccccc1Cl)C(=O)OCCOc1ccc(Br)cc1. The smallest absolute Gasteiger partial charge is 0.328 e. The number of ether oxygens (including phenoxy) is 2. The molecule has 0 heterocycles. The molecule has 132 valence electrons. The lowest BCUT2D eigenvalue weighted by atomic mass is 10.2. The number of nitrogens with one attached hydrogen (secondary N) is 1. The highest BCUT2D eigenvalue weighted by atomic mass is 79.9. The van der Waals surface area contributed by atoms with Crippen LogP contribution in [0.25, 0.3) is 0 Å². The minimum atomic E-state index is -0.795. The summed E-state index contributed by atoms with van der Waals surface area (Å²) in [5.74, 6) is -0.291. The van der Waals surface area contributed by atoms with Gasteiger partial charge in [0.1, 0.15) is 25.0 Å². The van der Waals surface area contributed by atoms with Gasteiger partial charge in [-0.1, -0.05) is 39.7 Å². The van der Waals surface area contributed by atoms with E-state index < -0.39 is 17.9 Å². The number of amides is 1.